The minimum absolute atomic E-state index is 0.0454. The topological polar surface area (TPSA) is 38.3 Å². The van der Waals surface area contributed by atoms with E-state index in [0.29, 0.717) is 19.4 Å². The van der Waals surface area contributed by atoms with Crippen LogP contribution < -0.4 is 10.1 Å². The molecule has 0 bridgehead atoms. The van der Waals surface area contributed by atoms with Gasteiger partial charge in [0.1, 0.15) is 11.6 Å². The zero-order valence-corrected chi connectivity index (χ0v) is 13.5. The molecular formula is C19H22FNO2. The van der Waals surface area contributed by atoms with Crippen LogP contribution in [0.1, 0.15) is 32.3 Å². The first-order chi connectivity index (χ1) is 11.0. The van der Waals surface area contributed by atoms with Crippen molar-refractivity contribution >= 4 is 5.91 Å². The zero-order valence-electron chi connectivity index (χ0n) is 13.5. The Labute approximate surface area is 136 Å². The second-order valence-corrected chi connectivity index (χ2v) is 5.95. The van der Waals surface area contributed by atoms with Crippen LogP contribution >= 0.6 is 0 Å². The maximum atomic E-state index is 13.0. The zero-order chi connectivity index (χ0) is 16.7. The van der Waals surface area contributed by atoms with Gasteiger partial charge in [0, 0.05) is 6.42 Å². The number of benzene rings is 2. The SMILES string of the molecule is CC(C)(NC(=O)CCCOc1ccccc1)c1ccc(F)cc1. The predicted octanol–water partition coefficient (Wildman–Crippen LogP) is 4.04. The standard InChI is InChI=1S/C19H22FNO2/c1-19(2,15-10-12-16(20)13-11-15)21-18(22)9-6-14-23-17-7-4-3-5-8-17/h3-5,7-8,10-13H,6,9,14H2,1-2H3,(H,21,22). The number of para-hydroxylation sites is 1. The number of hydrogen-bond donors (Lipinski definition) is 1. The Hall–Kier alpha value is -2.36. The van der Waals surface area contributed by atoms with Crippen molar-refractivity contribution in [2.24, 2.45) is 0 Å². The molecule has 3 nitrogen and oxygen atoms in total. The molecule has 0 saturated heterocycles. The summed E-state index contributed by atoms with van der Waals surface area (Å²) in [6, 6.07) is 15.7. The van der Waals surface area contributed by atoms with Crippen LogP contribution in [0.4, 0.5) is 4.39 Å². The first kappa shape index (κ1) is 17.0. The van der Waals surface area contributed by atoms with E-state index in [-0.39, 0.29) is 11.7 Å². The second-order valence-electron chi connectivity index (χ2n) is 5.95. The Morgan fingerprint density at radius 2 is 1.74 bits per heavy atom. The number of amides is 1. The average Bonchev–Trinajstić information content (AvgIpc) is 2.52. The van der Waals surface area contributed by atoms with Crippen molar-refractivity contribution in [1.82, 2.24) is 5.32 Å². The summed E-state index contributed by atoms with van der Waals surface area (Å²) in [5.41, 5.74) is 0.332. The maximum Gasteiger partial charge on any atom is 0.220 e. The molecule has 122 valence electrons. The van der Waals surface area contributed by atoms with Crippen LogP contribution in [-0.4, -0.2) is 12.5 Å². The Morgan fingerprint density at radius 1 is 1.09 bits per heavy atom. The van der Waals surface area contributed by atoms with Gasteiger partial charge in [-0.15, -0.1) is 0 Å². The van der Waals surface area contributed by atoms with Gasteiger partial charge in [0.25, 0.3) is 0 Å². The molecule has 0 atom stereocenters. The third kappa shape index (κ3) is 5.40. The van der Waals surface area contributed by atoms with Crippen LogP contribution in [0.2, 0.25) is 0 Å². The molecule has 1 N–H and O–H groups in total. The van der Waals surface area contributed by atoms with Crippen molar-refractivity contribution < 1.29 is 13.9 Å². The second kappa shape index (κ2) is 7.77. The summed E-state index contributed by atoms with van der Waals surface area (Å²) in [6.45, 7) is 4.30. The normalized spacial score (nSPS) is 11.1. The molecule has 0 aliphatic carbocycles. The van der Waals surface area contributed by atoms with Gasteiger partial charge in [-0.05, 0) is 50.1 Å². The van der Waals surface area contributed by atoms with Gasteiger partial charge in [-0.1, -0.05) is 30.3 Å². The van der Waals surface area contributed by atoms with Gasteiger partial charge in [-0.3, -0.25) is 4.79 Å². The lowest BCUT2D eigenvalue weighted by Gasteiger charge is -2.27. The Kier molecular flexibility index (Phi) is 5.74. The molecule has 0 aliphatic heterocycles. The summed E-state index contributed by atoms with van der Waals surface area (Å²) in [5.74, 6) is 0.476. The molecule has 0 aromatic heterocycles. The van der Waals surface area contributed by atoms with Gasteiger partial charge in [-0.2, -0.15) is 0 Å². The van der Waals surface area contributed by atoms with E-state index in [9.17, 15) is 9.18 Å². The average molecular weight is 315 g/mol. The minimum Gasteiger partial charge on any atom is -0.494 e. The van der Waals surface area contributed by atoms with Crippen LogP contribution in [0.5, 0.6) is 5.75 Å². The molecule has 0 unspecified atom stereocenters. The highest BCUT2D eigenvalue weighted by Gasteiger charge is 2.22. The van der Waals surface area contributed by atoms with Gasteiger partial charge >= 0.3 is 0 Å². The monoisotopic (exact) mass is 315 g/mol. The summed E-state index contributed by atoms with van der Waals surface area (Å²) in [5, 5.41) is 2.97. The quantitative estimate of drug-likeness (QED) is 0.783. The molecule has 0 fully saturated rings. The van der Waals surface area contributed by atoms with E-state index in [0.717, 1.165) is 11.3 Å². The van der Waals surface area contributed by atoms with Crippen LogP contribution in [0.25, 0.3) is 0 Å². The van der Waals surface area contributed by atoms with Crippen molar-refractivity contribution in [3.63, 3.8) is 0 Å². The van der Waals surface area contributed by atoms with Gasteiger partial charge in [0.2, 0.25) is 5.91 Å². The highest BCUT2D eigenvalue weighted by molar-refractivity contribution is 5.76. The molecule has 0 heterocycles. The van der Waals surface area contributed by atoms with Crippen LogP contribution in [-0.2, 0) is 10.3 Å². The lowest BCUT2D eigenvalue weighted by Crippen LogP contribution is -2.41. The van der Waals surface area contributed by atoms with E-state index in [4.69, 9.17) is 4.74 Å². The van der Waals surface area contributed by atoms with E-state index in [1.807, 2.05) is 44.2 Å². The Bertz CT molecular complexity index is 624. The van der Waals surface area contributed by atoms with Gasteiger partial charge < -0.3 is 10.1 Å². The van der Waals surface area contributed by atoms with Gasteiger partial charge in [0.05, 0.1) is 12.1 Å². The van der Waals surface area contributed by atoms with Crippen molar-refractivity contribution in [1.29, 1.82) is 0 Å². The summed E-state index contributed by atoms with van der Waals surface area (Å²) in [6.07, 6.45) is 1.03. The van der Waals surface area contributed by atoms with E-state index in [1.54, 1.807) is 12.1 Å². The van der Waals surface area contributed by atoms with Crippen molar-refractivity contribution in [2.75, 3.05) is 6.61 Å². The number of nitrogens with one attached hydrogen (secondary N) is 1. The number of carbonyl (C=O) groups excluding carboxylic acids is 1. The summed E-state index contributed by atoms with van der Waals surface area (Å²) >= 11 is 0. The third-order valence-corrected chi connectivity index (χ3v) is 3.58. The molecule has 2 rings (SSSR count). The van der Waals surface area contributed by atoms with Crippen molar-refractivity contribution in [3.8, 4) is 5.75 Å². The lowest BCUT2D eigenvalue weighted by molar-refractivity contribution is -0.123. The van der Waals surface area contributed by atoms with Crippen molar-refractivity contribution in [2.45, 2.75) is 32.2 Å². The molecule has 0 radical (unpaired) electrons. The molecule has 23 heavy (non-hydrogen) atoms. The molecule has 1 amide bonds. The van der Waals surface area contributed by atoms with Crippen LogP contribution in [0.3, 0.4) is 0 Å². The Morgan fingerprint density at radius 3 is 2.39 bits per heavy atom. The van der Waals surface area contributed by atoms with E-state index < -0.39 is 5.54 Å². The first-order valence-electron chi connectivity index (χ1n) is 7.72. The fourth-order valence-electron chi connectivity index (χ4n) is 2.29. The highest BCUT2D eigenvalue weighted by atomic mass is 19.1. The summed E-state index contributed by atoms with van der Waals surface area (Å²) < 4.78 is 18.5. The minimum atomic E-state index is -0.537. The largest absolute Gasteiger partial charge is 0.494 e. The molecule has 4 heteroatoms. The Balaban J connectivity index is 1.76. The maximum absolute atomic E-state index is 13.0. The van der Waals surface area contributed by atoms with Gasteiger partial charge in [-0.25, -0.2) is 4.39 Å². The van der Waals surface area contributed by atoms with Gasteiger partial charge in [0.15, 0.2) is 0 Å². The fraction of sp³-hybridized carbons (Fsp3) is 0.316. The molecule has 2 aromatic carbocycles. The number of rotatable bonds is 7. The predicted molar refractivity (Wildman–Crippen MR) is 88.7 cm³/mol. The molecule has 0 aliphatic rings. The number of halogens is 1. The fourth-order valence-corrected chi connectivity index (χ4v) is 2.29. The lowest BCUT2D eigenvalue weighted by atomic mass is 9.94. The molecule has 0 spiro atoms. The highest BCUT2D eigenvalue weighted by Crippen LogP contribution is 2.20. The molecule has 0 saturated carbocycles. The molecular weight excluding hydrogens is 293 g/mol. The van der Waals surface area contributed by atoms with Crippen molar-refractivity contribution in [3.05, 3.63) is 66.0 Å². The molecule has 2 aromatic rings. The van der Waals surface area contributed by atoms with E-state index in [2.05, 4.69) is 5.32 Å². The summed E-state index contributed by atoms with van der Waals surface area (Å²) in [7, 11) is 0. The first-order valence-corrected chi connectivity index (χ1v) is 7.72. The number of ether oxygens (including phenoxy) is 1. The van der Waals surface area contributed by atoms with Crippen LogP contribution in [0, 0.1) is 5.82 Å². The smallest absolute Gasteiger partial charge is 0.220 e. The van der Waals surface area contributed by atoms with E-state index in [1.165, 1.54) is 12.1 Å². The van der Waals surface area contributed by atoms with E-state index >= 15 is 0 Å². The summed E-state index contributed by atoms with van der Waals surface area (Å²) in [4.78, 5) is 12.1. The third-order valence-electron chi connectivity index (χ3n) is 3.58. The van der Waals surface area contributed by atoms with Crippen LogP contribution in [0.15, 0.2) is 54.6 Å². The number of carbonyl (C=O) groups is 1. The number of hydrogen-bond acceptors (Lipinski definition) is 2.